The summed E-state index contributed by atoms with van der Waals surface area (Å²) in [4.78, 5) is 27.2. The largest absolute Gasteiger partial charge is 0.351 e. The van der Waals surface area contributed by atoms with Crippen molar-refractivity contribution in [2.24, 2.45) is 5.41 Å². The van der Waals surface area contributed by atoms with Crippen LogP contribution in [0.3, 0.4) is 0 Å². The number of hydrogen-bond acceptors (Lipinski definition) is 5. The number of fused-ring (bicyclic) bond motifs is 2. The van der Waals surface area contributed by atoms with E-state index in [1.165, 1.54) is 30.3 Å². The number of carbonyl (C=O) groups is 2. The van der Waals surface area contributed by atoms with Crippen molar-refractivity contribution in [1.29, 1.82) is 0 Å². The second-order valence-electron chi connectivity index (χ2n) is 8.12. The van der Waals surface area contributed by atoms with Crippen molar-refractivity contribution in [2.75, 3.05) is 27.2 Å². The van der Waals surface area contributed by atoms with Gasteiger partial charge in [-0.2, -0.15) is 0 Å². The molecule has 0 radical (unpaired) electrons. The van der Waals surface area contributed by atoms with Crippen molar-refractivity contribution in [2.45, 2.75) is 23.6 Å². The lowest BCUT2D eigenvalue weighted by Gasteiger charge is -2.28. The minimum atomic E-state index is -3.86. The summed E-state index contributed by atoms with van der Waals surface area (Å²) >= 11 is 0. The third-order valence-corrected chi connectivity index (χ3v) is 6.52. The normalized spacial score (nSPS) is 15.1. The first-order valence-electron chi connectivity index (χ1n) is 8.99. The van der Waals surface area contributed by atoms with E-state index < -0.39 is 9.84 Å². The Kier molecular flexibility index (Phi) is 5.16. The number of rotatable bonds is 5. The molecule has 0 atom stereocenters. The maximum Gasteiger partial charge on any atom is 0.251 e. The number of sulfone groups is 1. The summed E-state index contributed by atoms with van der Waals surface area (Å²) < 4.78 is 25.9. The van der Waals surface area contributed by atoms with Crippen LogP contribution in [0.4, 0.5) is 0 Å². The summed E-state index contributed by atoms with van der Waals surface area (Å²) in [5.41, 5.74) is 0.338. The van der Waals surface area contributed by atoms with Gasteiger partial charge in [0.1, 0.15) is 0 Å². The van der Waals surface area contributed by atoms with Crippen molar-refractivity contribution < 1.29 is 18.0 Å². The van der Waals surface area contributed by atoms with Crippen LogP contribution in [-0.4, -0.2) is 52.2 Å². The van der Waals surface area contributed by atoms with Gasteiger partial charge in [0, 0.05) is 29.8 Å². The molecular formula is C21H24N2O4S. The fourth-order valence-corrected chi connectivity index (χ4v) is 5.24. The lowest BCUT2D eigenvalue weighted by molar-refractivity contribution is 0.0927. The molecule has 6 nitrogen and oxygen atoms in total. The average molecular weight is 401 g/mol. The van der Waals surface area contributed by atoms with Crippen LogP contribution < -0.4 is 5.32 Å². The van der Waals surface area contributed by atoms with Gasteiger partial charge in [-0.05, 0) is 49.8 Å². The number of nitrogens with zero attached hydrogens (tertiary/aromatic N) is 1. The van der Waals surface area contributed by atoms with Crippen LogP contribution in [0.15, 0.2) is 52.3 Å². The van der Waals surface area contributed by atoms with Gasteiger partial charge >= 0.3 is 0 Å². The summed E-state index contributed by atoms with van der Waals surface area (Å²) in [5, 5.41) is 2.86. The van der Waals surface area contributed by atoms with Crippen LogP contribution in [0.2, 0.25) is 0 Å². The first-order chi connectivity index (χ1) is 13.0. The Labute approximate surface area is 165 Å². The molecule has 1 amide bonds. The summed E-state index contributed by atoms with van der Waals surface area (Å²) in [7, 11) is 0.0730. The second-order valence-corrected chi connectivity index (χ2v) is 10.0. The van der Waals surface area contributed by atoms with Gasteiger partial charge in [0.05, 0.1) is 9.79 Å². The van der Waals surface area contributed by atoms with Gasteiger partial charge in [0.2, 0.25) is 9.84 Å². The molecule has 7 heteroatoms. The zero-order chi connectivity index (χ0) is 20.7. The van der Waals surface area contributed by atoms with E-state index in [2.05, 4.69) is 5.32 Å². The minimum absolute atomic E-state index is 0.0165. The molecule has 148 valence electrons. The molecule has 0 aliphatic carbocycles. The Morgan fingerprint density at radius 2 is 1.68 bits per heavy atom. The number of hydrogen-bond donors (Lipinski definition) is 1. The van der Waals surface area contributed by atoms with Crippen molar-refractivity contribution in [3.63, 3.8) is 0 Å². The number of ketones is 1. The Bertz CT molecular complexity index is 1060. The predicted octanol–water partition coefficient (Wildman–Crippen LogP) is 2.38. The van der Waals surface area contributed by atoms with Crippen molar-refractivity contribution in [3.05, 3.63) is 59.2 Å². The molecule has 1 aliphatic rings. The average Bonchev–Trinajstić information content (AvgIpc) is 2.63. The maximum absolute atomic E-state index is 13.0. The van der Waals surface area contributed by atoms with Gasteiger partial charge in [0.25, 0.3) is 5.91 Å². The highest BCUT2D eigenvalue weighted by molar-refractivity contribution is 7.91. The minimum Gasteiger partial charge on any atom is -0.351 e. The molecule has 1 aliphatic heterocycles. The zero-order valence-corrected chi connectivity index (χ0v) is 17.3. The van der Waals surface area contributed by atoms with E-state index in [4.69, 9.17) is 0 Å². The predicted molar refractivity (Wildman–Crippen MR) is 106 cm³/mol. The fourth-order valence-electron chi connectivity index (χ4n) is 3.56. The van der Waals surface area contributed by atoms with Gasteiger partial charge in [-0.15, -0.1) is 0 Å². The van der Waals surface area contributed by atoms with Gasteiger partial charge < -0.3 is 10.2 Å². The highest BCUT2D eigenvalue weighted by Gasteiger charge is 2.35. The summed E-state index contributed by atoms with van der Waals surface area (Å²) in [5.74, 6) is -0.712. The van der Waals surface area contributed by atoms with Gasteiger partial charge in [-0.3, -0.25) is 9.59 Å². The van der Waals surface area contributed by atoms with Crippen molar-refractivity contribution >= 4 is 21.5 Å². The molecule has 0 unspecified atom stereocenters. The maximum atomic E-state index is 13.0. The van der Waals surface area contributed by atoms with Crippen molar-refractivity contribution in [3.8, 4) is 0 Å². The smallest absolute Gasteiger partial charge is 0.251 e. The van der Waals surface area contributed by atoms with Crippen LogP contribution in [0.5, 0.6) is 0 Å². The number of carbonyl (C=O) groups excluding carboxylic acids is 2. The first kappa shape index (κ1) is 20.2. The van der Waals surface area contributed by atoms with E-state index in [0.29, 0.717) is 6.54 Å². The molecule has 1 heterocycles. The molecule has 3 rings (SSSR count). The van der Waals surface area contributed by atoms with E-state index in [9.17, 15) is 18.0 Å². The molecule has 0 saturated heterocycles. The SMILES string of the molecule is CN(C)CC(C)(C)CNC(=O)c1ccc2c(c1)S(=O)(=O)c1ccccc1C2=O. The molecule has 0 fully saturated rings. The van der Waals surface area contributed by atoms with E-state index >= 15 is 0 Å². The number of benzene rings is 2. The quantitative estimate of drug-likeness (QED) is 0.711. The molecule has 0 bridgehead atoms. The molecule has 0 aromatic heterocycles. The van der Waals surface area contributed by atoms with Gasteiger partial charge in [-0.25, -0.2) is 8.42 Å². The Balaban J connectivity index is 1.91. The number of nitrogens with one attached hydrogen (secondary N) is 1. The second kappa shape index (κ2) is 7.14. The number of amides is 1. The van der Waals surface area contributed by atoms with E-state index in [1.54, 1.807) is 12.1 Å². The Hall–Kier alpha value is -2.51. The van der Waals surface area contributed by atoms with Crippen LogP contribution >= 0.6 is 0 Å². The highest BCUT2D eigenvalue weighted by Crippen LogP contribution is 2.34. The Morgan fingerprint density at radius 1 is 1.04 bits per heavy atom. The molecular weight excluding hydrogens is 376 g/mol. The molecule has 2 aromatic rings. The first-order valence-corrected chi connectivity index (χ1v) is 10.5. The molecule has 0 spiro atoms. The third-order valence-electron chi connectivity index (χ3n) is 4.67. The lowest BCUT2D eigenvalue weighted by Crippen LogP contribution is -2.40. The molecule has 2 aromatic carbocycles. The van der Waals surface area contributed by atoms with E-state index in [-0.39, 0.29) is 43.6 Å². The van der Waals surface area contributed by atoms with Crippen molar-refractivity contribution in [1.82, 2.24) is 10.2 Å². The third kappa shape index (κ3) is 3.72. The highest BCUT2D eigenvalue weighted by atomic mass is 32.2. The van der Waals surface area contributed by atoms with Crippen LogP contribution in [0, 0.1) is 5.41 Å². The van der Waals surface area contributed by atoms with Crippen LogP contribution in [0.25, 0.3) is 0 Å². The topological polar surface area (TPSA) is 83.6 Å². The summed E-state index contributed by atoms with van der Waals surface area (Å²) in [6.07, 6.45) is 0. The van der Waals surface area contributed by atoms with Gasteiger partial charge in [0.15, 0.2) is 5.78 Å². The Morgan fingerprint density at radius 3 is 2.36 bits per heavy atom. The molecule has 28 heavy (non-hydrogen) atoms. The monoisotopic (exact) mass is 400 g/mol. The fraction of sp³-hybridized carbons (Fsp3) is 0.333. The molecule has 1 N–H and O–H groups in total. The summed E-state index contributed by atoms with van der Waals surface area (Å²) in [6.45, 7) is 5.31. The van der Waals surface area contributed by atoms with Crippen LogP contribution in [-0.2, 0) is 9.84 Å². The van der Waals surface area contributed by atoms with Gasteiger partial charge in [-0.1, -0.05) is 26.0 Å². The lowest BCUT2D eigenvalue weighted by atomic mass is 9.93. The zero-order valence-electron chi connectivity index (χ0n) is 16.4. The molecule has 0 saturated carbocycles. The summed E-state index contributed by atoms with van der Waals surface area (Å²) in [6, 6.07) is 10.4. The van der Waals surface area contributed by atoms with E-state index in [1.807, 2.05) is 32.8 Å². The van der Waals surface area contributed by atoms with Crippen LogP contribution in [0.1, 0.15) is 40.1 Å². The standard InChI is InChI=1S/C21H24N2O4S/c1-21(2,13-23(3)4)12-22-20(25)14-9-10-16-18(11-14)28(26,27)17-8-6-5-7-15(17)19(16)24/h5-11H,12-13H2,1-4H3,(H,22,25). The van der Waals surface area contributed by atoms with E-state index in [0.717, 1.165) is 6.54 Å².